The standard InChI is InChI=1S/C9H11N3O3/c1-5-11-8(10)6(3-4-7(13)14)9(12-5)15-2/h3-4H,1-2H3,(H,13,14)(H2,10,11,12)/b4-3+. The first kappa shape index (κ1) is 11.0. The van der Waals surface area contributed by atoms with Crippen LogP contribution in [-0.2, 0) is 4.79 Å². The van der Waals surface area contributed by atoms with E-state index in [1.165, 1.54) is 13.2 Å². The van der Waals surface area contributed by atoms with E-state index in [0.29, 0.717) is 11.4 Å². The summed E-state index contributed by atoms with van der Waals surface area (Å²) in [6.45, 7) is 1.67. The molecule has 1 heterocycles. The topological polar surface area (TPSA) is 98.3 Å². The first-order valence-electron chi connectivity index (χ1n) is 4.13. The van der Waals surface area contributed by atoms with E-state index in [1.807, 2.05) is 0 Å². The molecule has 1 aromatic rings. The van der Waals surface area contributed by atoms with Crippen LogP contribution in [0.1, 0.15) is 11.4 Å². The van der Waals surface area contributed by atoms with Gasteiger partial charge in [0.2, 0.25) is 5.88 Å². The molecule has 0 amide bonds. The monoisotopic (exact) mass is 209 g/mol. The summed E-state index contributed by atoms with van der Waals surface area (Å²) in [5.74, 6) is -0.150. The molecule has 3 N–H and O–H groups in total. The van der Waals surface area contributed by atoms with Gasteiger partial charge in [-0.15, -0.1) is 0 Å². The van der Waals surface area contributed by atoms with E-state index in [-0.39, 0.29) is 11.7 Å². The van der Waals surface area contributed by atoms with Gasteiger partial charge in [-0.05, 0) is 13.0 Å². The van der Waals surface area contributed by atoms with Crippen molar-refractivity contribution in [2.75, 3.05) is 12.8 Å². The average molecular weight is 209 g/mol. The van der Waals surface area contributed by atoms with Crippen LogP contribution in [0, 0.1) is 6.92 Å². The Hall–Kier alpha value is -2.11. The molecule has 0 aromatic carbocycles. The Morgan fingerprint density at radius 2 is 2.20 bits per heavy atom. The lowest BCUT2D eigenvalue weighted by Crippen LogP contribution is -2.03. The number of nitrogens with zero attached hydrogens (tertiary/aromatic N) is 2. The van der Waals surface area contributed by atoms with Crippen molar-refractivity contribution in [2.45, 2.75) is 6.92 Å². The fourth-order valence-electron chi connectivity index (χ4n) is 1.04. The number of carboxylic acids is 1. The van der Waals surface area contributed by atoms with Crippen molar-refractivity contribution in [3.05, 3.63) is 17.5 Å². The highest BCUT2D eigenvalue weighted by Crippen LogP contribution is 2.21. The van der Waals surface area contributed by atoms with Gasteiger partial charge in [-0.1, -0.05) is 0 Å². The van der Waals surface area contributed by atoms with E-state index in [1.54, 1.807) is 6.92 Å². The maximum atomic E-state index is 10.3. The zero-order valence-electron chi connectivity index (χ0n) is 8.39. The lowest BCUT2D eigenvalue weighted by molar-refractivity contribution is -0.131. The zero-order chi connectivity index (χ0) is 11.4. The molecule has 0 aliphatic carbocycles. The fraction of sp³-hybridized carbons (Fsp3) is 0.222. The van der Waals surface area contributed by atoms with Crippen LogP contribution in [-0.4, -0.2) is 28.2 Å². The first-order chi connectivity index (χ1) is 7.04. The maximum absolute atomic E-state index is 10.3. The number of anilines is 1. The van der Waals surface area contributed by atoms with Crippen molar-refractivity contribution < 1.29 is 14.6 Å². The third-order valence-electron chi connectivity index (χ3n) is 1.64. The molecule has 0 bridgehead atoms. The zero-order valence-corrected chi connectivity index (χ0v) is 8.39. The molecule has 1 rings (SSSR count). The van der Waals surface area contributed by atoms with Crippen molar-refractivity contribution in [3.8, 4) is 5.88 Å². The maximum Gasteiger partial charge on any atom is 0.328 e. The van der Waals surface area contributed by atoms with Gasteiger partial charge in [0.05, 0.1) is 12.7 Å². The number of aromatic nitrogens is 2. The average Bonchev–Trinajstić information content (AvgIpc) is 2.14. The molecule has 0 saturated carbocycles. The molecule has 0 atom stereocenters. The van der Waals surface area contributed by atoms with E-state index in [0.717, 1.165) is 6.08 Å². The molecule has 0 spiro atoms. The van der Waals surface area contributed by atoms with Gasteiger partial charge in [0.15, 0.2) is 0 Å². The lowest BCUT2D eigenvalue weighted by Gasteiger charge is -2.06. The number of nitrogens with two attached hydrogens (primary N) is 1. The first-order valence-corrected chi connectivity index (χ1v) is 4.13. The number of ether oxygens (including phenoxy) is 1. The Balaban J connectivity index is 3.20. The van der Waals surface area contributed by atoms with Crippen LogP contribution in [0.2, 0.25) is 0 Å². The molecule has 80 valence electrons. The normalized spacial score (nSPS) is 10.5. The van der Waals surface area contributed by atoms with Crippen LogP contribution in [0.5, 0.6) is 5.88 Å². The third-order valence-corrected chi connectivity index (χ3v) is 1.64. The Bertz CT molecular complexity index is 415. The number of hydrogen-bond acceptors (Lipinski definition) is 5. The predicted molar refractivity (Wildman–Crippen MR) is 54.4 cm³/mol. The molecule has 0 aliphatic rings. The summed E-state index contributed by atoms with van der Waals surface area (Å²) in [4.78, 5) is 18.2. The molecular formula is C9H11N3O3. The van der Waals surface area contributed by atoms with Gasteiger partial charge in [0.1, 0.15) is 11.6 Å². The van der Waals surface area contributed by atoms with Gasteiger partial charge >= 0.3 is 5.97 Å². The van der Waals surface area contributed by atoms with Gasteiger partial charge in [0, 0.05) is 6.08 Å². The van der Waals surface area contributed by atoms with Crippen molar-refractivity contribution in [1.29, 1.82) is 0 Å². The van der Waals surface area contributed by atoms with E-state index in [9.17, 15) is 4.79 Å². The van der Waals surface area contributed by atoms with Gasteiger partial charge in [-0.3, -0.25) is 0 Å². The lowest BCUT2D eigenvalue weighted by atomic mass is 10.2. The second-order valence-corrected chi connectivity index (χ2v) is 2.75. The summed E-state index contributed by atoms with van der Waals surface area (Å²) in [6.07, 6.45) is 2.25. The number of carbonyl (C=O) groups is 1. The number of nitrogen functional groups attached to an aromatic ring is 1. The quantitative estimate of drug-likeness (QED) is 0.702. The second kappa shape index (κ2) is 4.41. The summed E-state index contributed by atoms with van der Waals surface area (Å²) in [5, 5.41) is 8.47. The molecule has 0 unspecified atom stereocenters. The highest BCUT2D eigenvalue weighted by Gasteiger charge is 2.08. The SMILES string of the molecule is COc1nc(C)nc(N)c1/C=C/C(=O)O. The molecule has 1 aromatic heterocycles. The number of rotatable bonds is 3. The second-order valence-electron chi connectivity index (χ2n) is 2.75. The molecule has 0 fully saturated rings. The Morgan fingerprint density at radius 3 is 2.73 bits per heavy atom. The molecular weight excluding hydrogens is 198 g/mol. The van der Waals surface area contributed by atoms with Crippen LogP contribution >= 0.6 is 0 Å². The van der Waals surface area contributed by atoms with Gasteiger partial charge in [-0.25, -0.2) is 9.78 Å². The van der Waals surface area contributed by atoms with Gasteiger partial charge in [-0.2, -0.15) is 4.98 Å². The molecule has 6 heteroatoms. The van der Waals surface area contributed by atoms with E-state index in [4.69, 9.17) is 15.6 Å². The number of aliphatic carboxylic acids is 1. The minimum Gasteiger partial charge on any atom is -0.480 e. The smallest absolute Gasteiger partial charge is 0.328 e. The Kier molecular flexibility index (Phi) is 3.22. The fourth-order valence-corrected chi connectivity index (χ4v) is 1.04. The number of carboxylic acid groups (broad SMARTS) is 1. The largest absolute Gasteiger partial charge is 0.480 e. The van der Waals surface area contributed by atoms with Crippen molar-refractivity contribution >= 4 is 17.9 Å². The van der Waals surface area contributed by atoms with Crippen LogP contribution < -0.4 is 10.5 Å². The van der Waals surface area contributed by atoms with Crippen LogP contribution in [0.3, 0.4) is 0 Å². The highest BCUT2D eigenvalue weighted by molar-refractivity contribution is 5.87. The van der Waals surface area contributed by atoms with E-state index < -0.39 is 5.97 Å². The van der Waals surface area contributed by atoms with Gasteiger partial charge < -0.3 is 15.6 Å². The van der Waals surface area contributed by atoms with E-state index >= 15 is 0 Å². The summed E-state index contributed by atoms with van der Waals surface area (Å²) >= 11 is 0. The molecule has 15 heavy (non-hydrogen) atoms. The Labute approximate surface area is 86.4 Å². The van der Waals surface area contributed by atoms with Crippen molar-refractivity contribution in [3.63, 3.8) is 0 Å². The van der Waals surface area contributed by atoms with Crippen LogP contribution in [0.4, 0.5) is 5.82 Å². The van der Waals surface area contributed by atoms with Crippen LogP contribution in [0.25, 0.3) is 6.08 Å². The minimum absolute atomic E-state index is 0.192. The van der Waals surface area contributed by atoms with Gasteiger partial charge in [0.25, 0.3) is 0 Å². The minimum atomic E-state index is -1.07. The predicted octanol–water partition coefficient (Wildman–Crippen LogP) is 0.474. The van der Waals surface area contributed by atoms with Crippen molar-refractivity contribution in [2.24, 2.45) is 0 Å². The number of hydrogen-bond donors (Lipinski definition) is 2. The summed E-state index contributed by atoms with van der Waals surface area (Å²) in [7, 11) is 1.43. The van der Waals surface area contributed by atoms with Crippen molar-refractivity contribution in [1.82, 2.24) is 9.97 Å². The summed E-state index contributed by atoms with van der Waals surface area (Å²) in [6, 6.07) is 0. The van der Waals surface area contributed by atoms with Crippen LogP contribution in [0.15, 0.2) is 6.08 Å². The summed E-state index contributed by atoms with van der Waals surface area (Å²) < 4.78 is 4.96. The number of methoxy groups -OCH3 is 1. The summed E-state index contributed by atoms with van der Waals surface area (Å²) in [5.41, 5.74) is 5.97. The molecule has 0 saturated heterocycles. The van der Waals surface area contributed by atoms with E-state index in [2.05, 4.69) is 9.97 Å². The molecule has 0 aliphatic heterocycles. The third kappa shape index (κ3) is 2.67. The molecule has 6 nitrogen and oxygen atoms in total. The Morgan fingerprint density at radius 1 is 1.53 bits per heavy atom. The molecule has 0 radical (unpaired) electrons. The number of aryl methyl sites for hydroxylation is 1. The highest BCUT2D eigenvalue weighted by atomic mass is 16.5.